The number of hydrogen-bond donors (Lipinski definition) is 1. The summed E-state index contributed by atoms with van der Waals surface area (Å²) in [5, 5.41) is 4.78. The highest BCUT2D eigenvalue weighted by Gasteiger charge is 2.06. The second-order valence-corrected chi connectivity index (χ2v) is 5.00. The molecule has 3 nitrogen and oxygen atoms in total. The number of ether oxygens (including phenoxy) is 1. The third-order valence-electron chi connectivity index (χ3n) is 3.33. The molecule has 2 rings (SSSR count). The van der Waals surface area contributed by atoms with E-state index in [2.05, 4.69) is 41.5 Å². The molecule has 1 N–H and O–H groups in total. The molecule has 1 unspecified atom stereocenters. The molecule has 0 aliphatic rings. The molecule has 1 aromatic carbocycles. The fraction of sp³-hybridized carbons (Fsp3) is 0.438. The third kappa shape index (κ3) is 3.75. The van der Waals surface area contributed by atoms with Crippen LogP contribution in [0.5, 0.6) is 0 Å². The van der Waals surface area contributed by atoms with Crippen molar-refractivity contribution in [1.29, 1.82) is 0 Å². The van der Waals surface area contributed by atoms with E-state index in [1.165, 1.54) is 10.9 Å². The normalized spacial score (nSPS) is 12.8. The van der Waals surface area contributed by atoms with E-state index in [4.69, 9.17) is 4.74 Å². The van der Waals surface area contributed by atoms with Crippen molar-refractivity contribution in [2.24, 2.45) is 0 Å². The average Bonchev–Trinajstić information content (AvgIpc) is 2.42. The molecule has 1 aromatic heterocycles. The Morgan fingerprint density at radius 3 is 2.89 bits per heavy atom. The molecule has 3 heteroatoms. The van der Waals surface area contributed by atoms with Gasteiger partial charge < -0.3 is 10.1 Å². The molecule has 0 amide bonds. The lowest BCUT2D eigenvalue weighted by Crippen LogP contribution is -2.26. The Morgan fingerprint density at radius 1 is 1.32 bits per heavy atom. The van der Waals surface area contributed by atoms with Crippen molar-refractivity contribution in [2.45, 2.75) is 32.9 Å². The highest BCUT2D eigenvalue weighted by Crippen LogP contribution is 2.18. The maximum Gasteiger partial charge on any atom is 0.0708 e. The fourth-order valence-corrected chi connectivity index (χ4v) is 2.22. The molecule has 1 heterocycles. The van der Waals surface area contributed by atoms with E-state index < -0.39 is 0 Å². The average molecular weight is 258 g/mol. The van der Waals surface area contributed by atoms with E-state index in [0.29, 0.717) is 6.04 Å². The highest BCUT2D eigenvalue weighted by atomic mass is 16.5. The van der Waals surface area contributed by atoms with E-state index >= 15 is 0 Å². The minimum atomic E-state index is 0.451. The van der Waals surface area contributed by atoms with Crippen molar-refractivity contribution in [2.75, 3.05) is 13.7 Å². The minimum absolute atomic E-state index is 0.451. The third-order valence-corrected chi connectivity index (χ3v) is 3.33. The first-order valence-electron chi connectivity index (χ1n) is 6.78. The molecule has 102 valence electrons. The standard InChI is InChI=1S/C16H22N2O/c1-12(8-9-19-3)17-11-14-10-13(2)18-16-7-5-4-6-15(14)16/h4-7,10,12,17H,8-9,11H2,1-3H3. The van der Waals surface area contributed by atoms with E-state index in [1.54, 1.807) is 7.11 Å². The zero-order chi connectivity index (χ0) is 13.7. The maximum absolute atomic E-state index is 5.10. The number of fused-ring (bicyclic) bond motifs is 1. The zero-order valence-electron chi connectivity index (χ0n) is 11.9. The Morgan fingerprint density at radius 2 is 2.11 bits per heavy atom. The van der Waals surface area contributed by atoms with Gasteiger partial charge in [-0.05, 0) is 38.0 Å². The summed E-state index contributed by atoms with van der Waals surface area (Å²) in [6.07, 6.45) is 1.03. The number of nitrogens with one attached hydrogen (secondary N) is 1. The largest absolute Gasteiger partial charge is 0.385 e. The monoisotopic (exact) mass is 258 g/mol. The first-order valence-corrected chi connectivity index (χ1v) is 6.78. The lowest BCUT2D eigenvalue weighted by atomic mass is 10.1. The first kappa shape index (κ1) is 14.0. The molecule has 19 heavy (non-hydrogen) atoms. The fourth-order valence-electron chi connectivity index (χ4n) is 2.22. The van der Waals surface area contributed by atoms with Gasteiger partial charge >= 0.3 is 0 Å². The van der Waals surface area contributed by atoms with Gasteiger partial charge in [0.15, 0.2) is 0 Å². The molecule has 0 spiro atoms. The van der Waals surface area contributed by atoms with Gasteiger partial charge in [-0.2, -0.15) is 0 Å². The molecule has 0 bridgehead atoms. The summed E-state index contributed by atoms with van der Waals surface area (Å²) in [5.41, 5.74) is 3.45. The number of aromatic nitrogens is 1. The number of nitrogens with zero attached hydrogens (tertiary/aromatic N) is 1. The van der Waals surface area contributed by atoms with Crippen molar-refractivity contribution in [1.82, 2.24) is 10.3 Å². The predicted molar refractivity (Wildman–Crippen MR) is 79.3 cm³/mol. The molecule has 0 fully saturated rings. The van der Waals surface area contributed by atoms with Gasteiger partial charge in [0, 0.05) is 37.4 Å². The maximum atomic E-state index is 5.10. The number of rotatable bonds is 6. The zero-order valence-corrected chi connectivity index (χ0v) is 11.9. The molecule has 2 aromatic rings. The second kappa shape index (κ2) is 6.64. The van der Waals surface area contributed by atoms with Crippen molar-refractivity contribution in [3.05, 3.63) is 41.6 Å². The van der Waals surface area contributed by atoms with Crippen LogP contribution < -0.4 is 5.32 Å². The summed E-state index contributed by atoms with van der Waals surface area (Å²) in [4.78, 5) is 4.57. The van der Waals surface area contributed by atoms with Gasteiger partial charge in [-0.1, -0.05) is 18.2 Å². The van der Waals surface area contributed by atoms with Crippen LogP contribution in [0.25, 0.3) is 10.9 Å². The Balaban J connectivity index is 2.11. The van der Waals surface area contributed by atoms with E-state index in [9.17, 15) is 0 Å². The highest BCUT2D eigenvalue weighted by molar-refractivity contribution is 5.82. The van der Waals surface area contributed by atoms with Gasteiger partial charge in [0.05, 0.1) is 5.52 Å². The van der Waals surface area contributed by atoms with Crippen LogP contribution in [-0.4, -0.2) is 24.7 Å². The summed E-state index contributed by atoms with van der Waals surface area (Å²) in [6.45, 7) is 5.90. The molecule has 1 atom stereocenters. The second-order valence-electron chi connectivity index (χ2n) is 5.00. The van der Waals surface area contributed by atoms with Gasteiger partial charge in [-0.25, -0.2) is 0 Å². The SMILES string of the molecule is COCCC(C)NCc1cc(C)nc2ccccc12. The van der Waals surface area contributed by atoms with Crippen LogP contribution in [0, 0.1) is 6.92 Å². The van der Waals surface area contributed by atoms with Gasteiger partial charge in [0.25, 0.3) is 0 Å². The smallest absolute Gasteiger partial charge is 0.0708 e. The van der Waals surface area contributed by atoms with Gasteiger partial charge in [-0.15, -0.1) is 0 Å². The van der Waals surface area contributed by atoms with Crippen LogP contribution in [0.15, 0.2) is 30.3 Å². The predicted octanol–water partition coefficient (Wildman–Crippen LogP) is 3.06. The number of pyridine rings is 1. The van der Waals surface area contributed by atoms with Crippen molar-refractivity contribution < 1.29 is 4.74 Å². The molecule has 0 aliphatic carbocycles. The molecule has 0 saturated carbocycles. The summed E-state index contributed by atoms with van der Waals surface area (Å²) in [5.74, 6) is 0. The minimum Gasteiger partial charge on any atom is -0.385 e. The van der Waals surface area contributed by atoms with Crippen LogP contribution in [0.2, 0.25) is 0 Å². The summed E-state index contributed by atoms with van der Waals surface area (Å²) < 4.78 is 5.10. The Kier molecular flexibility index (Phi) is 4.88. The lowest BCUT2D eigenvalue weighted by Gasteiger charge is -2.14. The number of benzene rings is 1. The van der Waals surface area contributed by atoms with Crippen LogP contribution >= 0.6 is 0 Å². The number of methoxy groups -OCH3 is 1. The van der Waals surface area contributed by atoms with Gasteiger partial charge in [0.1, 0.15) is 0 Å². The molecule has 0 aliphatic heterocycles. The van der Waals surface area contributed by atoms with Crippen molar-refractivity contribution in [3.8, 4) is 0 Å². The van der Waals surface area contributed by atoms with Crippen molar-refractivity contribution in [3.63, 3.8) is 0 Å². The topological polar surface area (TPSA) is 34.1 Å². The number of aryl methyl sites for hydroxylation is 1. The van der Waals surface area contributed by atoms with Gasteiger partial charge in [0.2, 0.25) is 0 Å². The van der Waals surface area contributed by atoms with Crippen LogP contribution in [-0.2, 0) is 11.3 Å². The molecular weight excluding hydrogens is 236 g/mol. The first-order chi connectivity index (χ1) is 9.20. The molecule has 0 radical (unpaired) electrons. The molecular formula is C16H22N2O. The Labute approximate surface area is 115 Å². The van der Waals surface area contributed by atoms with E-state index in [0.717, 1.165) is 30.8 Å². The Bertz CT molecular complexity index is 539. The van der Waals surface area contributed by atoms with E-state index in [1.807, 2.05) is 13.0 Å². The van der Waals surface area contributed by atoms with Crippen LogP contribution in [0.1, 0.15) is 24.6 Å². The summed E-state index contributed by atoms with van der Waals surface area (Å²) in [6, 6.07) is 10.9. The van der Waals surface area contributed by atoms with Crippen LogP contribution in [0.4, 0.5) is 0 Å². The number of hydrogen-bond acceptors (Lipinski definition) is 3. The van der Waals surface area contributed by atoms with E-state index in [-0.39, 0.29) is 0 Å². The number of para-hydroxylation sites is 1. The summed E-state index contributed by atoms with van der Waals surface area (Å²) >= 11 is 0. The Hall–Kier alpha value is -1.45. The quantitative estimate of drug-likeness (QED) is 0.864. The van der Waals surface area contributed by atoms with Gasteiger partial charge in [-0.3, -0.25) is 4.98 Å². The molecule has 0 saturated heterocycles. The van der Waals surface area contributed by atoms with Crippen LogP contribution in [0.3, 0.4) is 0 Å². The summed E-state index contributed by atoms with van der Waals surface area (Å²) in [7, 11) is 1.74. The van der Waals surface area contributed by atoms with Crippen molar-refractivity contribution >= 4 is 10.9 Å². The lowest BCUT2D eigenvalue weighted by molar-refractivity contribution is 0.184.